The lowest BCUT2D eigenvalue weighted by Gasteiger charge is -2.31. The monoisotopic (exact) mass is 398 g/mol. The summed E-state index contributed by atoms with van der Waals surface area (Å²) in [5, 5.41) is 4.16. The Morgan fingerprint density at radius 3 is 2.50 bits per heavy atom. The number of ether oxygens (including phenoxy) is 1. The van der Waals surface area contributed by atoms with Gasteiger partial charge in [-0.2, -0.15) is 5.10 Å². The number of aromatic nitrogens is 3. The van der Waals surface area contributed by atoms with Crippen LogP contribution in [0.5, 0.6) is 0 Å². The van der Waals surface area contributed by atoms with Gasteiger partial charge in [-0.05, 0) is 60.7 Å². The molecule has 0 radical (unpaired) electrons. The Morgan fingerprint density at radius 2 is 1.86 bits per heavy atom. The van der Waals surface area contributed by atoms with Gasteiger partial charge in [0.2, 0.25) is 10.0 Å². The van der Waals surface area contributed by atoms with E-state index in [0.29, 0.717) is 13.2 Å². The molecule has 0 unspecified atom stereocenters. The van der Waals surface area contributed by atoms with Gasteiger partial charge < -0.3 is 4.74 Å². The van der Waals surface area contributed by atoms with E-state index in [1.54, 1.807) is 47.5 Å². The van der Waals surface area contributed by atoms with Crippen molar-refractivity contribution < 1.29 is 13.2 Å². The van der Waals surface area contributed by atoms with Gasteiger partial charge in [0.1, 0.15) is 0 Å². The topological polar surface area (TPSA) is 86.1 Å². The lowest BCUT2D eigenvalue weighted by molar-refractivity contribution is 0.0564. The molecule has 1 aliphatic heterocycles. The highest BCUT2D eigenvalue weighted by Crippen LogP contribution is 2.31. The fourth-order valence-corrected chi connectivity index (χ4v) is 4.77. The summed E-state index contributed by atoms with van der Waals surface area (Å²) in [6.45, 7) is 1.28. The summed E-state index contributed by atoms with van der Waals surface area (Å²) in [6, 6.07) is 11.9. The van der Waals surface area contributed by atoms with E-state index in [1.807, 2.05) is 24.4 Å². The summed E-state index contributed by atoms with van der Waals surface area (Å²) >= 11 is 0. The third-order valence-electron chi connectivity index (χ3n) is 4.98. The lowest BCUT2D eigenvalue weighted by atomic mass is 9.88. The smallest absolute Gasteiger partial charge is 0.241 e. The van der Waals surface area contributed by atoms with E-state index in [1.165, 1.54) is 0 Å². The minimum Gasteiger partial charge on any atom is -0.381 e. The van der Waals surface area contributed by atoms with Crippen molar-refractivity contribution in [3.05, 3.63) is 72.8 Å². The van der Waals surface area contributed by atoms with Crippen LogP contribution < -0.4 is 4.72 Å². The fourth-order valence-electron chi connectivity index (χ4n) is 3.48. The first-order valence-electron chi connectivity index (χ1n) is 9.23. The Morgan fingerprint density at radius 1 is 1.07 bits per heavy atom. The molecule has 2 aromatic heterocycles. The molecular weight excluding hydrogens is 376 g/mol. The number of benzene rings is 1. The molecule has 0 spiro atoms. The number of nitrogens with one attached hydrogen (secondary N) is 1. The summed E-state index contributed by atoms with van der Waals surface area (Å²) in [6.07, 6.45) is 8.51. The Kier molecular flexibility index (Phi) is 5.52. The minimum absolute atomic E-state index is 0.163. The quantitative estimate of drug-likeness (QED) is 0.690. The number of rotatable bonds is 6. The molecule has 4 rings (SSSR count). The lowest BCUT2D eigenvalue weighted by Crippen LogP contribution is -2.36. The summed E-state index contributed by atoms with van der Waals surface area (Å²) in [7, 11) is -3.69. The molecular formula is C20H22N4O3S. The van der Waals surface area contributed by atoms with Crippen molar-refractivity contribution in [3.8, 4) is 5.69 Å². The van der Waals surface area contributed by atoms with Gasteiger partial charge in [-0.3, -0.25) is 4.98 Å². The fraction of sp³-hybridized carbons (Fsp3) is 0.300. The van der Waals surface area contributed by atoms with Crippen molar-refractivity contribution in [2.45, 2.75) is 23.8 Å². The summed E-state index contributed by atoms with van der Waals surface area (Å²) in [5.74, 6) is 0.163. The predicted molar refractivity (Wildman–Crippen MR) is 104 cm³/mol. The van der Waals surface area contributed by atoms with E-state index in [4.69, 9.17) is 4.74 Å². The van der Waals surface area contributed by atoms with Gasteiger partial charge >= 0.3 is 0 Å². The minimum atomic E-state index is -3.69. The second-order valence-corrected chi connectivity index (χ2v) is 8.49. The van der Waals surface area contributed by atoms with Crippen LogP contribution in [0.2, 0.25) is 0 Å². The molecule has 1 aliphatic rings. The summed E-state index contributed by atoms with van der Waals surface area (Å²) in [4.78, 5) is 4.39. The Hall–Kier alpha value is -2.55. The Balaban J connectivity index is 1.59. The van der Waals surface area contributed by atoms with E-state index in [-0.39, 0.29) is 16.9 Å². The molecule has 1 saturated heterocycles. The average molecular weight is 398 g/mol. The zero-order valence-electron chi connectivity index (χ0n) is 15.3. The molecule has 146 valence electrons. The van der Waals surface area contributed by atoms with E-state index < -0.39 is 10.0 Å². The Labute approximate surface area is 164 Å². The molecule has 0 aliphatic carbocycles. The van der Waals surface area contributed by atoms with Crippen molar-refractivity contribution in [2.24, 2.45) is 5.92 Å². The van der Waals surface area contributed by atoms with Crippen molar-refractivity contribution in [1.82, 2.24) is 19.5 Å². The van der Waals surface area contributed by atoms with Crippen LogP contribution in [0.4, 0.5) is 0 Å². The highest BCUT2D eigenvalue weighted by atomic mass is 32.2. The maximum atomic E-state index is 13.1. The summed E-state index contributed by atoms with van der Waals surface area (Å²) < 4.78 is 36.2. The zero-order chi connectivity index (χ0) is 19.4. The SMILES string of the molecule is O=S(=O)(N[C@H](c1cccnc1)C1CCOCC1)c1ccc(-n2cccn2)cc1. The highest BCUT2D eigenvalue weighted by molar-refractivity contribution is 7.89. The van der Waals surface area contributed by atoms with Gasteiger partial charge in [0.15, 0.2) is 0 Å². The van der Waals surface area contributed by atoms with E-state index in [0.717, 1.165) is 24.1 Å². The largest absolute Gasteiger partial charge is 0.381 e. The normalized spacial score (nSPS) is 16.7. The maximum Gasteiger partial charge on any atom is 0.241 e. The average Bonchev–Trinajstić information content (AvgIpc) is 3.28. The van der Waals surface area contributed by atoms with E-state index in [2.05, 4.69) is 14.8 Å². The first-order valence-corrected chi connectivity index (χ1v) is 10.7. The second-order valence-electron chi connectivity index (χ2n) is 6.78. The maximum absolute atomic E-state index is 13.1. The van der Waals surface area contributed by atoms with Crippen LogP contribution >= 0.6 is 0 Å². The first kappa shape index (κ1) is 18.8. The highest BCUT2D eigenvalue weighted by Gasteiger charge is 2.30. The molecule has 7 nitrogen and oxygen atoms in total. The van der Waals surface area contributed by atoms with Gasteiger partial charge in [0, 0.05) is 38.0 Å². The third-order valence-corrected chi connectivity index (χ3v) is 6.44. The molecule has 1 aromatic carbocycles. The molecule has 0 amide bonds. The number of nitrogens with zero attached hydrogens (tertiary/aromatic N) is 3. The zero-order valence-corrected chi connectivity index (χ0v) is 16.1. The van der Waals surface area contributed by atoms with Gasteiger partial charge in [-0.15, -0.1) is 0 Å². The van der Waals surface area contributed by atoms with Gasteiger partial charge in [-0.1, -0.05) is 6.07 Å². The van der Waals surface area contributed by atoms with Crippen LogP contribution in [0.25, 0.3) is 5.69 Å². The van der Waals surface area contributed by atoms with E-state index >= 15 is 0 Å². The number of hydrogen-bond donors (Lipinski definition) is 1. The van der Waals surface area contributed by atoms with Crippen molar-refractivity contribution >= 4 is 10.0 Å². The third kappa shape index (κ3) is 4.14. The molecule has 3 aromatic rings. The standard InChI is InChI=1S/C20H22N4O3S/c25-28(26,19-6-4-18(5-7-19)24-12-2-11-22-24)23-20(16-8-13-27-14-9-16)17-3-1-10-21-15-17/h1-7,10-12,15-16,20,23H,8-9,13-14H2/t20-/m0/s1. The number of pyridine rings is 1. The van der Waals surface area contributed by atoms with Crippen molar-refractivity contribution in [2.75, 3.05) is 13.2 Å². The van der Waals surface area contributed by atoms with Crippen LogP contribution in [0.3, 0.4) is 0 Å². The van der Waals surface area contributed by atoms with Crippen LogP contribution in [0.1, 0.15) is 24.4 Å². The molecule has 1 fully saturated rings. The van der Waals surface area contributed by atoms with Crippen LogP contribution in [0.15, 0.2) is 72.1 Å². The van der Waals surface area contributed by atoms with E-state index in [9.17, 15) is 8.42 Å². The molecule has 8 heteroatoms. The van der Waals surface area contributed by atoms with Gasteiger partial charge in [0.05, 0.1) is 16.6 Å². The predicted octanol–water partition coefficient (Wildman–Crippen LogP) is 2.71. The van der Waals surface area contributed by atoms with Crippen LogP contribution in [0, 0.1) is 5.92 Å². The van der Waals surface area contributed by atoms with Crippen molar-refractivity contribution in [1.29, 1.82) is 0 Å². The number of hydrogen-bond acceptors (Lipinski definition) is 5. The molecule has 1 N–H and O–H groups in total. The number of sulfonamides is 1. The van der Waals surface area contributed by atoms with Crippen LogP contribution in [-0.2, 0) is 14.8 Å². The first-order chi connectivity index (χ1) is 13.6. The van der Waals surface area contributed by atoms with Crippen molar-refractivity contribution in [3.63, 3.8) is 0 Å². The second kappa shape index (κ2) is 8.22. The molecule has 28 heavy (non-hydrogen) atoms. The van der Waals surface area contributed by atoms with Gasteiger partial charge in [-0.25, -0.2) is 17.8 Å². The van der Waals surface area contributed by atoms with Crippen LogP contribution in [-0.4, -0.2) is 36.4 Å². The molecule has 3 heterocycles. The molecule has 1 atom stereocenters. The molecule has 0 saturated carbocycles. The Bertz CT molecular complexity index is 984. The van der Waals surface area contributed by atoms with Gasteiger partial charge in [0.25, 0.3) is 0 Å². The summed E-state index contributed by atoms with van der Waals surface area (Å²) in [5.41, 5.74) is 1.67. The molecule has 0 bridgehead atoms.